The van der Waals surface area contributed by atoms with E-state index in [1.807, 2.05) is 54.6 Å². The first kappa shape index (κ1) is 31.0. The Balaban J connectivity index is 1.53. The molecule has 9 rings (SSSR count). The van der Waals surface area contributed by atoms with Gasteiger partial charge in [-0.3, -0.25) is 0 Å². The summed E-state index contributed by atoms with van der Waals surface area (Å²) in [5.74, 6) is 0. The third-order valence-corrected chi connectivity index (χ3v) is 9.47. The molecule has 0 radical (unpaired) electrons. The molecule has 2 aliphatic heterocycles. The molecule has 0 unspecified atom stereocenters. The molecule has 6 nitrogen and oxygen atoms in total. The Morgan fingerprint density at radius 3 is 1.23 bits per heavy atom. The fourth-order valence-electron chi connectivity index (χ4n) is 7.24. The van der Waals surface area contributed by atoms with Crippen molar-refractivity contribution in [3.05, 3.63) is 173 Å². The maximum atomic E-state index is 12.7. The Labute approximate surface area is 301 Å². The second-order valence-electron chi connectivity index (χ2n) is 12.9. The molecule has 0 aliphatic carbocycles. The summed E-state index contributed by atoms with van der Waals surface area (Å²) in [5.41, 5.74) is 15.4. The first-order valence-electron chi connectivity index (χ1n) is 17.3. The highest BCUT2D eigenvalue weighted by Gasteiger charge is 2.20. The minimum absolute atomic E-state index is 0.748. The highest BCUT2D eigenvalue weighted by atomic mass is 16.5. The van der Waals surface area contributed by atoms with E-state index >= 15 is 0 Å². The molecule has 2 aliphatic rings. The summed E-state index contributed by atoms with van der Waals surface area (Å²) in [5, 5.41) is 12.7. The first-order chi connectivity index (χ1) is 25.6. The summed E-state index contributed by atoms with van der Waals surface area (Å²) in [7, 11) is 1.51. The molecular weight excluding hydrogens is 639 g/mol. The van der Waals surface area contributed by atoms with Crippen molar-refractivity contribution in [3.8, 4) is 44.5 Å². The smallest absolute Gasteiger partial charge is 0.183 e. The SMILES string of the molecule is C/[N+]([O-])=C/c1cc2[nH]c1c(-c1ccccc1)c1nc(c(-c3ccccc3)c3ccc([nH]3)c(-c3ccccc3)c3nc(c2-c2ccccc2)C=C3)C=C1. The number of hydrogen-bond donors (Lipinski definition) is 2. The third-order valence-electron chi connectivity index (χ3n) is 9.47. The van der Waals surface area contributed by atoms with Crippen LogP contribution >= 0.6 is 0 Å². The van der Waals surface area contributed by atoms with Crippen LogP contribution in [0.1, 0.15) is 28.3 Å². The number of rotatable bonds is 5. The molecule has 0 saturated heterocycles. The van der Waals surface area contributed by atoms with E-state index < -0.39 is 0 Å². The van der Waals surface area contributed by atoms with E-state index in [2.05, 4.69) is 119 Å². The summed E-state index contributed by atoms with van der Waals surface area (Å²) >= 11 is 0. The van der Waals surface area contributed by atoms with Crippen LogP contribution in [0.15, 0.2) is 140 Å². The predicted octanol–water partition coefficient (Wildman–Crippen LogP) is 10.9. The Bertz CT molecular complexity index is 2720. The van der Waals surface area contributed by atoms with Crippen molar-refractivity contribution in [2.75, 3.05) is 7.05 Å². The van der Waals surface area contributed by atoms with E-state index in [4.69, 9.17) is 9.97 Å². The number of aromatic amines is 2. The highest BCUT2D eigenvalue weighted by molar-refractivity contribution is 6.04. The van der Waals surface area contributed by atoms with E-state index in [-0.39, 0.29) is 0 Å². The van der Waals surface area contributed by atoms with E-state index in [0.717, 1.165) is 99.7 Å². The van der Waals surface area contributed by atoms with Gasteiger partial charge in [-0.1, -0.05) is 121 Å². The molecule has 0 spiro atoms. The van der Waals surface area contributed by atoms with Crippen LogP contribution in [0.2, 0.25) is 0 Å². The maximum Gasteiger partial charge on any atom is 0.183 e. The Kier molecular flexibility index (Phi) is 7.75. The van der Waals surface area contributed by atoms with Crippen molar-refractivity contribution >= 4 is 52.6 Å². The van der Waals surface area contributed by atoms with Crippen LogP contribution in [-0.4, -0.2) is 37.9 Å². The third kappa shape index (κ3) is 5.62. The van der Waals surface area contributed by atoms with Crippen molar-refractivity contribution in [2.24, 2.45) is 0 Å². The quantitative estimate of drug-likeness (QED) is 0.0827. The van der Waals surface area contributed by atoms with Gasteiger partial charge in [-0.15, -0.1) is 0 Å². The van der Waals surface area contributed by atoms with Gasteiger partial charge in [0.15, 0.2) is 6.21 Å². The van der Waals surface area contributed by atoms with Gasteiger partial charge in [0, 0.05) is 38.8 Å². The van der Waals surface area contributed by atoms with Gasteiger partial charge in [0.25, 0.3) is 0 Å². The van der Waals surface area contributed by atoms with E-state index in [1.165, 1.54) is 7.05 Å². The van der Waals surface area contributed by atoms with Crippen LogP contribution in [0.3, 0.4) is 0 Å². The Morgan fingerprint density at radius 1 is 0.462 bits per heavy atom. The molecule has 0 atom stereocenters. The monoisotopic (exact) mass is 671 g/mol. The zero-order valence-electron chi connectivity index (χ0n) is 28.4. The Morgan fingerprint density at radius 2 is 0.827 bits per heavy atom. The lowest BCUT2D eigenvalue weighted by atomic mass is 10.0. The second kappa shape index (κ2) is 13.0. The molecule has 52 heavy (non-hydrogen) atoms. The molecule has 5 heterocycles. The molecule has 0 saturated carbocycles. The normalized spacial score (nSPS) is 12.4. The van der Waals surface area contributed by atoms with Gasteiger partial charge in [0.1, 0.15) is 7.05 Å². The lowest BCUT2D eigenvalue weighted by Crippen LogP contribution is -1.97. The van der Waals surface area contributed by atoms with Crippen LogP contribution in [0.5, 0.6) is 0 Å². The zero-order valence-corrected chi connectivity index (χ0v) is 28.4. The van der Waals surface area contributed by atoms with Crippen LogP contribution in [0.25, 0.3) is 90.9 Å². The van der Waals surface area contributed by atoms with Gasteiger partial charge in [0.05, 0.1) is 33.9 Å². The molecule has 0 amide bonds. The fourth-order valence-corrected chi connectivity index (χ4v) is 7.24. The molecule has 2 N–H and O–H groups in total. The fraction of sp³-hybridized carbons (Fsp3) is 0.0217. The predicted molar refractivity (Wildman–Crippen MR) is 215 cm³/mol. The average Bonchev–Trinajstić information content (AvgIpc) is 4.01. The van der Waals surface area contributed by atoms with Crippen molar-refractivity contribution in [2.45, 2.75) is 0 Å². The number of fused-ring (bicyclic) bond motifs is 8. The van der Waals surface area contributed by atoms with Crippen molar-refractivity contribution in [1.29, 1.82) is 0 Å². The average molecular weight is 672 g/mol. The molecule has 7 aromatic rings. The van der Waals surface area contributed by atoms with Gasteiger partial charge in [0.2, 0.25) is 0 Å². The topological polar surface area (TPSA) is 83.4 Å². The molecule has 8 bridgehead atoms. The number of nitrogens with one attached hydrogen (secondary N) is 2. The van der Waals surface area contributed by atoms with Gasteiger partial charge >= 0.3 is 0 Å². The summed E-state index contributed by atoms with van der Waals surface area (Å²) in [6.45, 7) is 0. The lowest BCUT2D eigenvalue weighted by molar-refractivity contribution is -0.416. The first-order valence-corrected chi connectivity index (χ1v) is 17.3. The second-order valence-corrected chi connectivity index (χ2v) is 12.9. The van der Waals surface area contributed by atoms with Gasteiger partial charge in [-0.05, 0) is 64.8 Å². The van der Waals surface area contributed by atoms with Crippen LogP contribution in [0.4, 0.5) is 0 Å². The number of benzene rings is 4. The summed E-state index contributed by atoms with van der Waals surface area (Å²) in [6, 6.07) is 47.6. The Hall–Kier alpha value is -7.05. The van der Waals surface area contributed by atoms with Crippen molar-refractivity contribution in [1.82, 2.24) is 19.9 Å². The van der Waals surface area contributed by atoms with E-state index in [1.54, 1.807) is 6.21 Å². The number of hydroxylamine groups is 1. The van der Waals surface area contributed by atoms with Crippen molar-refractivity contribution < 1.29 is 4.74 Å². The molecular formula is C46H33N5O. The lowest BCUT2D eigenvalue weighted by Gasteiger charge is -2.07. The summed E-state index contributed by atoms with van der Waals surface area (Å²) in [6.07, 6.45) is 9.95. The van der Waals surface area contributed by atoms with Crippen molar-refractivity contribution in [3.63, 3.8) is 0 Å². The largest absolute Gasteiger partial charge is 0.624 e. The van der Waals surface area contributed by atoms with Crippen LogP contribution < -0.4 is 0 Å². The van der Waals surface area contributed by atoms with Crippen LogP contribution in [0, 0.1) is 5.21 Å². The standard InChI is InChI=1S/C46H33N5O/c1-51(52)29-34-28-41-44(32-18-10-4-11-19-32)39-25-24-37(48-39)42(30-14-6-2-7-15-30)35-22-23-36(47-35)43(31-16-8-3-9-17-31)38-26-27-40(49-38)45(46(34)50-41)33-20-12-5-13-21-33/h2-29,47,50H,1H3/b42-35?,42-37?,43-36?,43-38?,44-39?,44-41?,45-40?,46-45?,51-29-. The van der Waals surface area contributed by atoms with E-state index in [0.29, 0.717) is 0 Å². The summed E-state index contributed by atoms with van der Waals surface area (Å²) in [4.78, 5) is 18.3. The minimum atomic E-state index is 0.748. The number of hydrogen-bond acceptors (Lipinski definition) is 3. The van der Waals surface area contributed by atoms with E-state index in [9.17, 15) is 5.21 Å². The minimum Gasteiger partial charge on any atom is -0.624 e. The molecule has 4 aromatic carbocycles. The number of H-pyrrole nitrogens is 2. The van der Waals surface area contributed by atoms with Gasteiger partial charge in [-0.2, -0.15) is 0 Å². The molecule has 3 aromatic heterocycles. The number of nitrogens with zero attached hydrogens (tertiary/aromatic N) is 3. The summed E-state index contributed by atoms with van der Waals surface area (Å²) < 4.78 is 0.845. The molecule has 248 valence electrons. The van der Waals surface area contributed by atoms with Gasteiger partial charge < -0.3 is 15.2 Å². The molecule has 6 heteroatoms. The highest BCUT2D eigenvalue weighted by Crippen LogP contribution is 2.39. The van der Waals surface area contributed by atoms with Gasteiger partial charge in [-0.25, -0.2) is 14.7 Å². The maximum absolute atomic E-state index is 12.7. The van der Waals surface area contributed by atoms with Crippen LogP contribution in [-0.2, 0) is 0 Å². The number of aromatic nitrogens is 4. The molecule has 0 fully saturated rings. The zero-order chi connectivity index (χ0) is 35.0.